The summed E-state index contributed by atoms with van der Waals surface area (Å²) >= 11 is 0. The number of hydrogen-bond donors (Lipinski definition) is 0. The Bertz CT molecular complexity index is 837. The lowest BCUT2D eigenvalue weighted by Gasteiger charge is -2.43. The molecule has 1 atom stereocenters. The lowest BCUT2D eigenvalue weighted by Crippen LogP contribution is -2.52. The number of aromatic nitrogens is 1. The summed E-state index contributed by atoms with van der Waals surface area (Å²) in [6, 6.07) is 11.7. The molecule has 0 bridgehead atoms. The Morgan fingerprint density at radius 3 is 2.59 bits per heavy atom. The number of piperidine rings is 1. The van der Waals surface area contributed by atoms with Crippen LogP contribution in [0.25, 0.3) is 0 Å². The molecule has 0 aliphatic carbocycles. The molecule has 1 aromatic carbocycles. The van der Waals surface area contributed by atoms with Crippen molar-refractivity contribution in [2.24, 2.45) is 0 Å². The number of rotatable bonds is 3. The zero-order valence-electron chi connectivity index (χ0n) is 15.9. The molecular formula is C21H25N3O3. The number of aryl methyl sites for hydroxylation is 1. The van der Waals surface area contributed by atoms with E-state index in [1.165, 1.54) is 0 Å². The molecule has 2 aliphatic rings. The van der Waals surface area contributed by atoms with Crippen molar-refractivity contribution in [2.45, 2.75) is 44.1 Å². The van der Waals surface area contributed by atoms with Crippen LogP contribution in [0.3, 0.4) is 0 Å². The fourth-order valence-electron chi connectivity index (χ4n) is 4.43. The summed E-state index contributed by atoms with van der Waals surface area (Å²) in [6.07, 6.45) is 3.13. The molecule has 142 valence electrons. The van der Waals surface area contributed by atoms with Gasteiger partial charge in [-0.05, 0) is 24.8 Å². The monoisotopic (exact) mass is 367 g/mol. The number of amides is 2. The van der Waals surface area contributed by atoms with Gasteiger partial charge in [0, 0.05) is 38.2 Å². The molecule has 0 N–H and O–H groups in total. The number of nitrogens with zero attached hydrogens (tertiary/aromatic N) is 3. The maximum absolute atomic E-state index is 12.9. The minimum atomic E-state index is -0.160. The number of hydrogen-bond acceptors (Lipinski definition) is 4. The number of benzene rings is 1. The van der Waals surface area contributed by atoms with Crippen LogP contribution < -0.4 is 0 Å². The van der Waals surface area contributed by atoms with E-state index in [1.54, 1.807) is 6.07 Å². The van der Waals surface area contributed by atoms with Gasteiger partial charge in [0.2, 0.25) is 5.91 Å². The van der Waals surface area contributed by atoms with Crippen LogP contribution in [-0.2, 0) is 11.2 Å². The van der Waals surface area contributed by atoms with Crippen LogP contribution in [0.15, 0.2) is 40.9 Å². The van der Waals surface area contributed by atoms with Crippen LogP contribution in [0.1, 0.15) is 53.9 Å². The first-order valence-corrected chi connectivity index (χ1v) is 9.61. The first-order valence-electron chi connectivity index (χ1n) is 9.61. The molecular weight excluding hydrogens is 342 g/mol. The van der Waals surface area contributed by atoms with Crippen molar-refractivity contribution in [3.05, 3.63) is 53.4 Å². The number of likely N-dealkylation sites (tertiary alicyclic amines) is 2. The largest absolute Gasteiger partial charge is 0.361 e. The lowest BCUT2D eigenvalue weighted by atomic mass is 9.81. The second-order valence-electron chi connectivity index (χ2n) is 7.61. The quantitative estimate of drug-likeness (QED) is 0.837. The van der Waals surface area contributed by atoms with Crippen molar-refractivity contribution in [3.8, 4) is 0 Å². The molecule has 27 heavy (non-hydrogen) atoms. The normalized spacial score (nSPS) is 21.9. The van der Waals surface area contributed by atoms with Gasteiger partial charge >= 0.3 is 0 Å². The summed E-state index contributed by atoms with van der Waals surface area (Å²) in [5.41, 5.74) is 1.30. The van der Waals surface area contributed by atoms with E-state index in [-0.39, 0.29) is 23.3 Å². The molecule has 2 aromatic rings. The standard InChI is InChI=1S/C21H25N3O3/c1-3-16-13-18(22-27-16)20(26)24-11-9-21(10-12-24)14-17(19(25)23(21)2)15-7-5-4-6-8-15/h4-8,13,17H,3,9-12,14H2,1-2H3. The average molecular weight is 367 g/mol. The second-order valence-corrected chi connectivity index (χ2v) is 7.61. The molecule has 2 fully saturated rings. The number of carbonyl (C=O) groups is 2. The molecule has 1 unspecified atom stereocenters. The summed E-state index contributed by atoms with van der Waals surface area (Å²) in [4.78, 5) is 29.3. The highest BCUT2D eigenvalue weighted by Gasteiger charge is 2.50. The Labute approximate surface area is 159 Å². The molecule has 1 aromatic heterocycles. The van der Waals surface area contributed by atoms with Crippen molar-refractivity contribution in [2.75, 3.05) is 20.1 Å². The first-order chi connectivity index (χ1) is 13.0. The van der Waals surface area contributed by atoms with E-state index in [1.807, 2.05) is 54.1 Å². The Hall–Kier alpha value is -2.63. The van der Waals surface area contributed by atoms with Crippen LogP contribution in [-0.4, -0.2) is 52.4 Å². The number of likely N-dealkylation sites (N-methyl/N-ethyl adjacent to an activating group) is 1. The Kier molecular flexibility index (Phi) is 4.50. The fourth-order valence-corrected chi connectivity index (χ4v) is 4.43. The average Bonchev–Trinajstić information content (AvgIpc) is 3.29. The molecule has 6 heteroatoms. The molecule has 2 aliphatic heterocycles. The fraction of sp³-hybridized carbons (Fsp3) is 0.476. The maximum atomic E-state index is 12.9. The summed E-state index contributed by atoms with van der Waals surface area (Å²) in [5, 5.41) is 3.90. The van der Waals surface area contributed by atoms with E-state index in [4.69, 9.17) is 4.52 Å². The van der Waals surface area contributed by atoms with E-state index < -0.39 is 0 Å². The minimum absolute atomic E-state index is 0.0823. The van der Waals surface area contributed by atoms with Crippen molar-refractivity contribution in [3.63, 3.8) is 0 Å². The summed E-state index contributed by atoms with van der Waals surface area (Å²) in [7, 11) is 1.91. The topological polar surface area (TPSA) is 66.7 Å². The van der Waals surface area contributed by atoms with E-state index in [9.17, 15) is 9.59 Å². The van der Waals surface area contributed by atoms with Gasteiger partial charge in [0.05, 0.1) is 5.92 Å². The van der Waals surface area contributed by atoms with Crippen molar-refractivity contribution in [1.29, 1.82) is 0 Å². The molecule has 4 rings (SSSR count). The van der Waals surface area contributed by atoms with Gasteiger partial charge in [-0.15, -0.1) is 0 Å². The van der Waals surface area contributed by atoms with Gasteiger partial charge in [-0.3, -0.25) is 9.59 Å². The molecule has 0 saturated carbocycles. The van der Waals surface area contributed by atoms with Crippen LogP contribution in [0.2, 0.25) is 0 Å². The third-order valence-corrected chi connectivity index (χ3v) is 6.23. The van der Waals surface area contributed by atoms with E-state index in [0.717, 1.165) is 37.0 Å². The SMILES string of the molecule is CCc1cc(C(=O)N2CCC3(CC2)CC(c2ccccc2)C(=O)N3C)no1. The van der Waals surface area contributed by atoms with Gasteiger partial charge in [0.1, 0.15) is 5.76 Å². The van der Waals surface area contributed by atoms with Gasteiger partial charge in [-0.1, -0.05) is 42.4 Å². The van der Waals surface area contributed by atoms with Crippen LogP contribution in [0.5, 0.6) is 0 Å². The van der Waals surface area contributed by atoms with Crippen molar-refractivity contribution >= 4 is 11.8 Å². The summed E-state index contributed by atoms with van der Waals surface area (Å²) in [6.45, 7) is 3.23. The van der Waals surface area contributed by atoms with Crippen LogP contribution in [0, 0.1) is 0 Å². The van der Waals surface area contributed by atoms with Crippen molar-refractivity contribution < 1.29 is 14.1 Å². The third-order valence-electron chi connectivity index (χ3n) is 6.23. The molecule has 3 heterocycles. The number of carbonyl (C=O) groups excluding carboxylic acids is 2. The predicted octanol–water partition coefficient (Wildman–Crippen LogP) is 2.86. The van der Waals surface area contributed by atoms with Crippen LogP contribution >= 0.6 is 0 Å². The zero-order valence-corrected chi connectivity index (χ0v) is 15.9. The highest BCUT2D eigenvalue weighted by Crippen LogP contribution is 2.44. The van der Waals surface area contributed by atoms with Gasteiger partial charge in [0.25, 0.3) is 5.91 Å². The van der Waals surface area contributed by atoms with Gasteiger partial charge < -0.3 is 14.3 Å². The molecule has 1 spiro atoms. The van der Waals surface area contributed by atoms with E-state index in [0.29, 0.717) is 18.8 Å². The van der Waals surface area contributed by atoms with Gasteiger partial charge in [0.15, 0.2) is 5.69 Å². The van der Waals surface area contributed by atoms with Crippen LogP contribution in [0.4, 0.5) is 0 Å². The molecule has 2 amide bonds. The Morgan fingerprint density at radius 2 is 1.96 bits per heavy atom. The Balaban J connectivity index is 1.46. The minimum Gasteiger partial charge on any atom is -0.361 e. The highest BCUT2D eigenvalue weighted by molar-refractivity contribution is 5.92. The summed E-state index contributed by atoms with van der Waals surface area (Å²) in [5.74, 6) is 0.740. The Morgan fingerprint density at radius 1 is 1.26 bits per heavy atom. The second kappa shape index (κ2) is 6.83. The van der Waals surface area contributed by atoms with Crippen molar-refractivity contribution in [1.82, 2.24) is 15.0 Å². The summed E-state index contributed by atoms with van der Waals surface area (Å²) < 4.78 is 5.16. The smallest absolute Gasteiger partial charge is 0.276 e. The highest BCUT2D eigenvalue weighted by atomic mass is 16.5. The van der Waals surface area contributed by atoms with E-state index >= 15 is 0 Å². The molecule has 2 saturated heterocycles. The zero-order chi connectivity index (χ0) is 19.0. The van der Waals surface area contributed by atoms with E-state index in [2.05, 4.69) is 5.16 Å². The molecule has 0 radical (unpaired) electrons. The van der Waals surface area contributed by atoms with Gasteiger partial charge in [-0.2, -0.15) is 0 Å². The maximum Gasteiger partial charge on any atom is 0.276 e. The molecule has 6 nitrogen and oxygen atoms in total. The lowest BCUT2D eigenvalue weighted by molar-refractivity contribution is -0.131. The first kappa shape index (κ1) is 17.8. The van der Waals surface area contributed by atoms with Gasteiger partial charge in [-0.25, -0.2) is 0 Å². The predicted molar refractivity (Wildman–Crippen MR) is 100 cm³/mol. The third kappa shape index (κ3) is 3.03.